The molecule has 0 bridgehead atoms. The smallest absolute Gasteiger partial charge is 0.0206 e. The third-order valence-electron chi connectivity index (χ3n) is 2.17. The molecule has 0 aromatic carbocycles. The molecule has 0 aliphatic carbocycles. The molecule has 0 unspecified atom stereocenters. The van der Waals surface area contributed by atoms with Crippen molar-refractivity contribution in [2.24, 2.45) is 11.5 Å². The maximum absolute atomic E-state index is 5.68. The van der Waals surface area contributed by atoms with Gasteiger partial charge in [-0.1, -0.05) is 6.92 Å². The highest BCUT2D eigenvalue weighted by Gasteiger charge is 2.02. The van der Waals surface area contributed by atoms with Crippen molar-refractivity contribution in [2.75, 3.05) is 20.1 Å². The van der Waals surface area contributed by atoms with Crippen molar-refractivity contribution in [1.29, 1.82) is 0 Å². The number of likely N-dealkylation sites (N-methyl/N-ethyl adjacent to an activating group) is 1. The fourth-order valence-electron chi connectivity index (χ4n) is 1.09. The lowest BCUT2D eigenvalue weighted by molar-refractivity contribution is 0.377. The first-order valence-electron chi connectivity index (χ1n) is 4.93. The topological polar surface area (TPSA) is 55.3 Å². The van der Waals surface area contributed by atoms with Crippen molar-refractivity contribution in [3.8, 4) is 0 Å². The molecule has 0 aromatic heterocycles. The van der Waals surface area contributed by atoms with Crippen molar-refractivity contribution >= 4 is 0 Å². The van der Waals surface area contributed by atoms with E-state index in [9.17, 15) is 0 Å². The Balaban J connectivity index is 3.78. The number of nitrogens with two attached hydrogens (primary N) is 2. The van der Waals surface area contributed by atoms with Crippen LogP contribution in [0.2, 0.25) is 0 Å². The van der Waals surface area contributed by atoms with Crippen LogP contribution in [0.4, 0.5) is 0 Å². The molecule has 0 rings (SSSR count). The molecule has 0 aliphatic heterocycles. The van der Waals surface area contributed by atoms with Gasteiger partial charge in [-0.05, 0) is 45.1 Å². The summed E-state index contributed by atoms with van der Waals surface area (Å²) in [6.45, 7) is 6.17. The van der Waals surface area contributed by atoms with Crippen LogP contribution in [0.25, 0.3) is 0 Å². The van der Waals surface area contributed by atoms with E-state index in [-0.39, 0.29) is 6.04 Å². The Kier molecular flexibility index (Phi) is 6.63. The van der Waals surface area contributed by atoms with Gasteiger partial charge in [-0.3, -0.25) is 0 Å². The molecule has 0 aliphatic rings. The molecule has 0 saturated heterocycles. The standard InChI is InChI=1S/C10H23N3/c1-4-13(3)8-10(7-11)6-5-9(2)12/h7,9H,4-6,8,11-12H2,1-3H3/b10-7+/t9-/m1/s1. The third-order valence-corrected chi connectivity index (χ3v) is 2.17. The Bertz CT molecular complexity index is 152. The Morgan fingerprint density at radius 3 is 2.54 bits per heavy atom. The second-order valence-electron chi connectivity index (χ2n) is 3.67. The van der Waals surface area contributed by atoms with Gasteiger partial charge in [-0.25, -0.2) is 0 Å². The number of hydrogen-bond donors (Lipinski definition) is 2. The Morgan fingerprint density at radius 1 is 1.54 bits per heavy atom. The summed E-state index contributed by atoms with van der Waals surface area (Å²) in [5, 5.41) is 0. The molecule has 13 heavy (non-hydrogen) atoms. The first kappa shape index (κ1) is 12.5. The molecular weight excluding hydrogens is 162 g/mol. The minimum Gasteiger partial charge on any atom is -0.405 e. The van der Waals surface area contributed by atoms with E-state index < -0.39 is 0 Å². The fraction of sp³-hybridized carbons (Fsp3) is 0.800. The first-order valence-corrected chi connectivity index (χ1v) is 4.93. The zero-order valence-electron chi connectivity index (χ0n) is 9.09. The largest absolute Gasteiger partial charge is 0.405 e. The lowest BCUT2D eigenvalue weighted by Crippen LogP contribution is -2.22. The van der Waals surface area contributed by atoms with Crippen molar-refractivity contribution in [3.63, 3.8) is 0 Å². The van der Waals surface area contributed by atoms with E-state index in [0.29, 0.717) is 0 Å². The molecule has 0 spiro atoms. The summed E-state index contributed by atoms with van der Waals surface area (Å²) in [7, 11) is 2.09. The van der Waals surface area contributed by atoms with Crippen molar-refractivity contribution in [1.82, 2.24) is 4.90 Å². The molecule has 3 heteroatoms. The van der Waals surface area contributed by atoms with Crippen LogP contribution in [-0.2, 0) is 0 Å². The molecule has 0 fully saturated rings. The zero-order chi connectivity index (χ0) is 10.3. The number of nitrogens with zero attached hydrogens (tertiary/aromatic N) is 1. The van der Waals surface area contributed by atoms with Gasteiger partial charge in [0, 0.05) is 12.6 Å². The second kappa shape index (κ2) is 6.92. The predicted octanol–water partition coefficient (Wildman–Crippen LogP) is 0.908. The van der Waals surface area contributed by atoms with E-state index >= 15 is 0 Å². The molecule has 78 valence electrons. The Hall–Kier alpha value is -0.540. The van der Waals surface area contributed by atoms with Gasteiger partial charge in [0.1, 0.15) is 0 Å². The maximum Gasteiger partial charge on any atom is 0.0206 e. The van der Waals surface area contributed by atoms with Gasteiger partial charge in [0.05, 0.1) is 0 Å². The van der Waals surface area contributed by atoms with Gasteiger partial charge in [0.25, 0.3) is 0 Å². The average molecular weight is 185 g/mol. The summed E-state index contributed by atoms with van der Waals surface area (Å²) >= 11 is 0. The zero-order valence-corrected chi connectivity index (χ0v) is 9.09. The Labute approximate surface area is 81.8 Å². The van der Waals surface area contributed by atoms with E-state index in [1.807, 2.05) is 6.92 Å². The maximum atomic E-state index is 5.68. The minimum absolute atomic E-state index is 0.266. The van der Waals surface area contributed by atoms with Gasteiger partial charge < -0.3 is 16.4 Å². The third kappa shape index (κ3) is 6.61. The molecule has 0 radical (unpaired) electrons. The lowest BCUT2D eigenvalue weighted by atomic mass is 10.1. The monoisotopic (exact) mass is 185 g/mol. The van der Waals surface area contributed by atoms with Crippen LogP contribution in [-0.4, -0.2) is 31.1 Å². The second-order valence-corrected chi connectivity index (χ2v) is 3.67. The summed E-state index contributed by atoms with van der Waals surface area (Å²) in [5.41, 5.74) is 12.5. The number of hydrogen-bond acceptors (Lipinski definition) is 3. The highest BCUT2D eigenvalue weighted by molar-refractivity contribution is 5.02. The molecule has 0 saturated carbocycles. The van der Waals surface area contributed by atoms with E-state index in [2.05, 4.69) is 18.9 Å². The molecule has 3 nitrogen and oxygen atoms in total. The van der Waals surface area contributed by atoms with Crippen molar-refractivity contribution < 1.29 is 0 Å². The summed E-state index contributed by atoms with van der Waals surface area (Å²) in [4.78, 5) is 2.24. The molecule has 0 heterocycles. The normalized spacial score (nSPS) is 15.0. The molecular formula is C10H23N3. The lowest BCUT2D eigenvalue weighted by Gasteiger charge is -2.16. The van der Waals surface area contributed by atoms with Crippen LogP contribution >= 0.6 is 0 Å². The average Bonchev–Trinajstić information content (AvgIpc) is 2.11. The number of rotatable bonds is 6. The van der Waals surface area contributed by atoms with Crippen molar-refractivity contribution in [2.45, 2.75) is 32.7 Å². The molecule has 4 N–H and O–H groups in total. The molecule has 1 atom stereocenters. The quantitative estimate of drug-likeness (QED) is 0.646. The highest BCUT2D eigenvalue weighted by atomic mass is 15.1. The summed E-state index contributed by atoms with van der Waals surface area (Å²) in [6, 6.07) is 0.266. The SMILES string of the molecule is CCN(C)C/C(=C/N)CC[C@@H](C)N. The van der Waals surface area contributed by atoms with Crippen LogP contribution in [0.3, 0.4) is 0 Å². The van der Waals surface area contributed by atoms with Crippen LogP contribution < -0.4 is 11.5 Å². The summed E-state index contributed by atoms with van der Waals surface area (Å²) < 4.78 is 0. The summed E-state index contributed by atoms with van der Waals surface area (Å²) in [5.74, 6) is 0. The summed E-state index contributed by atoms with van der Waals surface area (Å²) in [6.07, 6.45) is 3.74. The van der Waals surface area contributed by atoms with Crippen LogP contribution in [0, 0.1) is 0 Å². The highest BCUT2D eigenvalue weighted by Crippen LogP contribution is 2.06. The van der Waals surface area contributed by atoms with Crippen LogP contribution in [0.1, 0.15) is 26.7 Å². The van der Waals surface area contributed by atoms with Gasteiger partial charge >= 0.3 is 0 Å². The van der Waals surface area contributed by atoms with E-state index in [4.69, 9.17) is 11.5 Å². The molecule has 0 aromatic rings. The van der Waals surface area contributed by atoms with Gasteiger partial charge in [0.2, 0.25) is 0 Å². The van der Waals surface area contributed by atoms with Gasteiger partial charge in [0.15, 0.2) is 0 Å². The van der Waals surface area contributed by atoms with Crippen molar-refractivity contribution in [3.05, 3.63) is 11.8 Å². The van der Waals surface area contributed by atoms with Crippen LogP contribution in [0.5, 0.6) is 0 Å². The van der Waals surface area contributed by atoms with Crippen LogP contribution in [0.15, 0.2) is 11.8 Å². The minimum atomic E-state index is 0.266. The molecule has 0 amide bonds. The Morgan fingerprint density at radius 2 is 2.15 bits per heavy atom. The van der Waals surface area contributed by atoms with E-state index in [0.717, 1.165) is 25.9 Å². The van der Waals surface area contributed by atoms with E-state index in [1.54, 1.807) is 6.20 Å². The predicted molar refractivity (Wildman–Crippen MR) is 58.3 cm³/mol. The van der Waals surface area contributed by atoms with Gasteiger partial charge in [-0.2, -0.15) is 0 Å². The first-order chi connectivity index (χ1) is 6.10. The van der Waals surface area contributed by atoms with Gasteiger partial charge in [-0.15, -0.1) is 0 Å². The fourth-order valence-corrected chi connectivity index (χ4v) is 1.09. The van der Waals surface area contributed by atoms with E-state index in [1.165, 1.54) is 5.57 Å².